The average Bonchev–Trinajstić information content (AvgIpc) is 3.24. The molecule has 0 amide bonds. The fourth-order valence-corrected chi connectivity index (χ4v) is 3.79. The molecule has 5 rings (SSSR count). The van der Waals surface area contributed by atoms with Crippen molar-refractivity contribution in [1.82, 2.24) is 15.2 Å². The predicted molar refractivity (Wildman–Crippen MR) is 105 cm³/mol. The van der Waals surface area contributed by atoms with Crippen molar-refractivity contribution in [3.8, 4) is 11.1 Å². The molecule has 0 unspecified atom stereocenters. The second-order valence-corrected chi connectivity index (χ2v) is 6.91. The smallest absolute Gasteiger partial charge is 0.131 e. The molecule has 0 atom stereocenters. The van der Waals surface area contributed by atoms with Crippen LogP contribution in [0.4, 0.5) is 11.6 Å². The predicted octanol–water partition coefficient (Wildman–Crippen LogP) is 2.30. The maximum Gasteiger partial charge on any atom is 0.131 e. The lowest BCUT2D eigenvalue weighted by Gasteiger charge is -2.32. The van der Waals surface area contributed by atoms with Crippen molar-refractivity contribution in [2.24, 2.45) is 0 Å². The molecule has 4 heterocycles. The fraction of sp³-hybridized carbons (Fsp3) is 0.400. The van der Waals surface area contributed by atoms with Gasteiger partial charge in [0.05, 0.1) is 38.1 Å². The summed E-state index contributed by atoms with van der Waals surface area (Å²) in [6.07, 6.45) is 1.90. The zero-order valence-corrected chi connectivity index (χ0v) is 15.2. The van der Waals surface area contributed by atoms with Crippen LogP contribution in [0.5, 0.6) is 0 Å². The van der Waals surface area contributed by atoms with Gasteiger partial charge < -0.3 is 19.3 Å². The van der Waals surface area contributed by atoms with Crippen molar-refractivity contribution in [1.29, 1.82) is 0 Å². The number of fused-ring (bicyclic) bond motifs is 1. The summed E-state index contributed by atoms with van der Waals surface area (Å²) in [5.74, 6) is 2.02. The molecule has 0 spiro atoms. The second-order valence-electron chi connectivity index (χ2n) is 6.91. The minimum Gasteiger partial charge on any atom is -0.378 e. The average molecular weight is 365 g/mol. The lowest BCUT2D eigenvalue weighted by Crippen LogP contribution is -2.39. The van der Waals surface area contributed by atoms with Gasteiger partial charge in [-0.3, -0.25) is 5.10 Å². The number of nitrogens with one attached hydrogen (secondary N) is 1. The van der Waals surface area contributed by atoms with Gasteiger partial charge in [0.15, 0.2) is 0 Å². The molecule has 2 fully saturated rings. The molecule has 27 heavy (non-hydrogen) atoms. The van der Waals surface area contributed by atoms with Crippen molar-refractivity contribution in [3.63, 3.8) is 0 Å². The first-order chi connectivity index (χ1) is 13.4. The van der Waals surface area contributed by atoms with E-state index in [4.69, 9.17) is 14.5 Å². The number of pyridine rings is 1. The Labute approximate surface area is 157 Å². The third kappa shape index (κ3) is 3.24. The van der Waals surface area contributed by atoms with E-state index >= 15 is 0 Å². The number of rotatable bonds is 3. The van der Waals surface area contributed by atoms with Gasteiger partial charge in [-0.1, -0.05) is 12.1 Å². The summed E-state index contributed by atoms with van der Waals surface area (Å²) in [5.41, 5.74) is 3.39. The topological polar surface area (TPSA) is 66.5 Å². The summed E-state index contributed by atoms with van der Waals surface area (Å²) in [4.78, 5) is 9.62. The first-order valence-corrected chi connectivity index (χ1v) is 9.48. The van der Waals surface area contributed by atoms with Gasteiger partial charge in [0.25, 0.3) is 0 Å². The SMILES string of the molecule is c1cc(-c2cc(N3CCOCC3)nc(N3CCOCC3)c2)c2cn[nH]c2c1. The minimum absolute atomic E-state index is 0.746. The van der Waals surface area contributed by atoms with Crippen LogP contribution in [0.25, 0.3) is 22.0 Å². The van der Waals surface area contributed by atoms with E-state index in [1.165, 1.54) is 11.1 Å². The van der Waals surface area contributed by atoms with Crippen LogP contribution in [0.15, 0.2) is 36.5 Å². The van der Waals surface area contributed by atoms with Gasteiger partial charge >= 0.3 is 0 Å². The number of aromatic amines is 1. The molecule has 2 aliphatic rings. The molecule has 7 nitrogen and oxygen atoms in total. The van der Waals surface area contributed by atoms with Crippen LogP contribution >= 0.6 is 0 Å². The number of H-pyrrole nitrogens is 1. The fourth-order valence-electron chi connectivity index (χ4n) is 3.79. The van der Waals surface area contributed by atoms with Crippen LogP contribution in [0.3, 0.4) is 0 Å². The van der Waals surface area contributed by atoms with E-state index in [1.807, 2.05) is 6.20 Å². The molecular weight excluding hydrogens is 342 g/mol. The number of morpholine rings is 2. The van der Waals surface area contributed by atoms with Gasteiger partial charge in [0.2, 0.25) is 0 Å². The van der Waals surface area contributed by atoms with Crippen LogP contribution < -0.4 is 9.80 Å². The van der Waals surface area contributed by atoms with Crippen LogP contribution in [0, 0.1) is 0 Å². The normalized spacial score (nSPS) is 18.2. The quantitative estimate of drug-likeness (QED) is 0.768. The molecule has 2 aliphatic heterocycles. The minimum atomic E-state index is 0.746. The molecule has 1 N–H and O–H groups in total. The van der Waals surface area contributed by atoms with E-state index in [1.54, 1.807) is 0 Å². The monoisotopic (exact) mass is 365 g/mol. The highest BCUT2D eigenvalue weighted by Crippen LogP contribution is 2.33. The summed E-state index contributed by atoms with van der Waals surface area (Å²) in [7, 11) is 0. The first kappa shape index (κ1) is 16.5. The van der Waals surface area contributed by atoms with Crippen molar-refractivity contribution in [2.75, 3.05) is 62.4 Å². The zero-order valence-electron chi connectivity index (χ0n) is 15.2. The van der Waals surface area contributed by atoms with Crippen molar-refractivity contribution < 1.29 is 9.47 Å². The van der Waals surface area contributed by atoms with Crippen molar-refractivity contribution in [2.45, 2.75) is 0 Å². The number of benzene rings is 1. The molecule has 1 aromatic carbocycles. The highest BCUT2D eigenvalue weighted by atomic mass is 16.5. The largest absolute Gasteiger partial charge is 0.378 e. The third-order valence-electron chi connectivity index (χ3n) is 5.26. The van der Waals surface area contributed by atoms with Crippen LogP contribution in [-0.4, -0.2) is 67.8 Å². The zero-order chi connectivity index (χ0) is 18.1. The Morgan fingerprint density at radius 2 is 1.48 bits per heavy atom. The second kappa shape index (κ2) is 7.17. The highest BCUT2D eigenvalue weighted by molar-refractivity contribution is 5.95. The molecule has 2 aromatic heterocycles. The summed E-state index contributed by atoms with van der Waals surface area (Å²) < 4.78 is 11.0. The molecule has 0 aliphatic carbocycles. The van der Waals surface area contributed by atoms with E-state index in [2.05, 4.69) is 50.3 Å². The van der Waals surface area contributed by atoms with Crippen LogP contribution in [0.1, 0.15) is 0 Å². The van der Waals surface area contributed by atoms with E-state index < -0.39 is 0 Å². The Balaban J connectivity index is 1.61. The number of nitrogens with zero attached hydrogens (tertiary/aromatic N) is 4. The van der Waals surface area contributed by atoms with E-state index in [0.717, 1.165) is 75.1 Å². The highest BCUT2D eigenvalue weighted by Gasteiger charge is 2.19. The van der Waals surface area contributed by atoms with E-state index in [0.29, 0.717) is 0 Å². The molecule has 0 saturated carbocycles. The van der Waals surface area contributed by atoms with Gasteiger partial charge in [0.1, 0.15) is 11.6 Å². The summed E-state index contributed by atoms with van der Waals surface area (Å²) in [5, 5.41) is 8.41. The summed E-state index contributed by atoms with van der Waals surface area (Å²) >= 11 is 0. The van der Waals surface area contributed by atoms with E-state index in [9.17, 15) is 0 Å². The maximum absolute atomic E-state index is 5.52. The Bertz CT molecular complexity index is 893. The molecule has 7 heteroatoms. The lowest BCUT2D eigenvalue weighted by molar-refractivity contribution is 0.121. The Morgan fingerprint density at radius 1 is 0.852 bits per heavy atom. The lowest BCUT2D eigenvalue weighted by atomic mass is 10.0. The maximum atomic E-state index is 5.52. The number of hydrogen-bond donors (Lipinski definition) is 1. The van der Waals surface area contributed by atoms with Crippen molar-refractivity contribution in [3.05, 3.63) is 36.5 Å². The summed E-state index contributed by atoms with van der Waals surface area (Å²) in [6.45, 7) is 6.46. The molecular formula is C20H23N5O2. The number of hydrogen-bond acceptors (Lipinski definition) is 6. The van der Waals surface area contributed by atoms with Crippen LogP contribution in [0.2, 0.25) is 0 Å². The molecule has 0 bridgehead atoms. The third-order valence-corrected chi connectivity index (χ3v) is 5.26. The van der Waals surface area contributed by atoms with Gasteiger partial charge in [-0.05, 0) is 29.3 Å². The number of anilines is 2. The molecule has 3 aromatic rings. The van der Waals surface area contributed by atoms with E-state index in [-0.39, 0.29) is 0 Å². The molecule has 2 saturated heterocycles. The number of aromatic nitrogens is 3. The van der Waals surface area contributed by atoms with Crippen LogP contribution in [-0.2, 0) is 9.47 Å². The summed E-state index contributed by atoms with van der Waals surface area (Å²) in [6, 6.07) is 10.7. The van der Waals surface area contributed by atoms with Gasteiger partial charge in [0, 0.05) is 31.6 Å². The molecule has 140 valence electrons. The Morgan fingerprint density at radius 3 is 2.11 bits per heavy atom. The first-order valence-electron chi connectivity index (χ1n) is 9.48. The Hall–Kier alpha value is -2.64. The Kier molecular flexibility index (Phi) is 4.39. The number of ether oxygens (including phenoxy) is 2. The van der Waals surface area contributed by atoms with Crippen molar-refractivity contribution >= 4 is 22.5 Å². The standard InChI is InChI=1S/C20H23N5O2/c1-2-16(17-14-21-23-18(17)3-1)15-12-19(24-4-8-26-9-5-24)22-20(13-15)25-6-10-27-11-7-25/h1-3,12-14H,4-11H2,(H,21,23). The molecule has 0 radical (unpaired) electrons. The van der Waals surface area contributed by atoms with Gasteiger partial charge in [-0.25, -0.2) is 4.98 Å². The van der Waals surface area contributed by atoms with Gasteiger partial charge in [-0.2, -0.15) is 5.10 Å². The van der Waals surface area contributed by atoms with Gasteiger partial charge in [-0.15, -0.1) is 0 Å².